The average Bonchev–Trinajstić information content (AvgIpc) is 3.57. The number of carbonyl (C=O) groups is 1. The molecule has 0 amide bonds. The third-order valence-corrected chi connectivity index (χ3v) is 7.57. The number of nitrogens with zero attached hydrogens (tertiary/aromatic N) is 2. The number of carboxylic acids is 1. The SMILES string of the molecule is O=C(O)[C@@H]1CCN([C@@H]2CCc3c2cc2nc(-c4cccc(-c5cccc(F)c5)c4Cl)oc2c3F)C1. The number of fused-ring (bicyclic) bond motifs is 2. The molecule has 0 saturated carbocycles. The predicted molar refractivity (Wildman–Crippen MR) is 128 cm³/mol. The van der Waals surface area contributed by atoms with Gasteiger partial charge in [-0.25, -0.2) is 13.8 Å². The normalized spacial score (nSPS) is 20.0. The summed E-state index contributed by atoms with van der Waals surface area (Å²) in [6, 6.07) is 13.2. The third kappa shape index (κ3) is 3.70. The van der Waals surface area contributed by atoms with Gasteiger partial charge in [0.1, 0.15) is 11.3 Å². The first kappa shape index (κ1) is 22.2. The summed E-state index contributed by atoms with van der Waals surface area (Å²) >= 11 is 6.68. The largest absolute Gasteiger partial charge is 0.481 e. The van der Waals surface area contributed by atoms with Crippen molar-refractivity contribution in [3.63, 3.8) is 0 Å². The van der Waals surface area contributed by atoms with Crippen LogP contribution in [0.1, 0.15) is 30.0 Å². The van der Waals surface area contributed by atoms with Crippen LogP contribution in [0.25, 0.3) is 33.7 Å². The summed E-state index contributed by atoms with van der Waals surface area (Å²) in [6.45, 7) is 1.14. The number of aromatic nitrogens is 1. The fraction of sp³-hybridized carbons (Fsp3) is 0.259. The van der Waals surface area contributed by atoms with Gasteiger partial charge in [-0.15, -0.1) is 0 Å². The van der Waals surface area contributed by atoms with Crippen molar-refractivity contribution < 1.29 is 23.1 Å². The number of carboxylic acid groups (broad SMARTS) is 1. The molecule has 1 aliphatic heterocycles. The van der Waals surface area contributed by atoms with Crippen molar-refractivity contribution in [1.82, 2.24) is 9.88 Å². The molecule has 3 aromatic carbocycles. The van der Waals surface area contributed by atoms with Crippen LogP contribution < -0.4 is 0 Å². The molecule has 6 rings (SSSR count). The van der Waals surface area contributed by atoms with Crippen LogP contribution >= 0.6 is 11.6 Å². The number of rotatable bonds is 4. The maximum absolute atomic E-state index is 15.5. The van der Waals surface area contributed by atoms with Gasteiger partial charge in [-0.3, -0.25) is 9.69 Å². The highest BCUT2D eigenvalue weighted by Gasteiger charge is 2.37. The van der Waals surface area contributed by atoms with Gasteiger partial charge in [-0.05, 0) is 66.8 Å². The minimum absolute atomic E-state index is 0.0340. The summed E-state index contributed by atoms with van der Waals surface area (Å²) in [5, 5.41) is 9.70. The van der Waals surface area contributed by atoms with Gasteiger partial charge in [0.15, 0.2) is 11.4 Å². The van der Waals surface area contributed by atoms with Crippen molar-refractivity contribution in [3.05, 3.63) is 76.3 Å². The fourth-order valence-electron chi connectivity index (χ4n) is 5.42. The third-order valence-electron chi connectivity index (χ3n) is 7.16. The summed E-state index contributed by atoms with van der Waals surface area (Å²) in [7, 11) is 0. The molecule has 4 aromatic rings. The molecule has 35 heavy (non-hydrogen) atoms. The van der Waals surface area contributed by atoms with Gasteiger partial charge in [0.2, 0.25) is 5.89 Å². The van der Waals surface area contributed by atoms with Crippen LogP contribution in [0.2, 0.25) is 5.02 Å². The van der Waals surface area contributed by atoms with Gasteiger partial charge in [0, 0.05) is 18.2 Å². The first-order valence-corrected chi connectivity index (χ1v) is 11.9. The van der Waals surface area contributed by atoms with Crippen molar-refractivity contribution in [2.24, 2.45) is 5.92 Å². The van der Waals surface area contributed by atoms with Crippen LogP contribution in [0, 0.1) is 17.6 Å². The topological polar surface area (TPSA) is 66.6 Å². The number of aliphatic carboxylic acids is 1. The van der Waals surface area contributed by atoms with Crippen LogP contribution in [0.5, 0.6) is 0 Å². The van der Waals surface area contributed by atoms with Crippen molar-refractivity contribution in [1.29, 1.82) is 0 Å². The van der Waals surface area contributed by atoms with E-state index in [1.165, 1.54) is 12.1 Å². The lowest BCUT2D eigenvalue weighted by Gasteiger charge is -2.24. The van der Waals surface area contributed by atoms with Crippen molar-refractivity contribution in [3.8, 4) is 22.6 Å². The Kier molecular flexibility index (Phi) is 5.34. The molecule has 0 unspecified atom stereocenters. The number of hydrogen-bond donors (Lipinski definition) is 1. The van der Waals surface area contributed by atoms with Gasteiger partial charge in [-0.1, -0.05) is 35.9 Å². The summed E-state index contributed by atoms with van der Waals surface area (Å²) in [6.07, 6.45) is 1.89. The van der Waals surface area contributed by atoms with E-state index in [-0.39, 0.29) is 23.3 Å². The second-order valence-electron chi connectivity index (χ2n) is 9.18. The number of likely N-dealkylation sites (tertiary alicyclic amines) is 1. The average molecular weight is 495 g/mol. The molecule has 178 valence electrons. The second kappa shape index (κ2) is 8.43. The van der Waals surface area contributed by atoms with E-state index >= 15 is 4.39 Å². The molecule has 1 saturated heterocycles. The first-order valence-electron chi connectivity index (χ1n) is 11.5. The van der Waals surface area contributed by atoms with Gasteiger partial charge < -0.3 is 9.52 Å². The van der Waals surface area contributed by atoms with E-state index in [2.05, 4.69) is 9.88 Å². The van der Waals surface area contributed by atoms with E-state index in [1.54, 1.807) is 30.3 Å². The van der Waals surface area contributed by atoms with Crippen LogP contribution in [-0.2, 0) is 11.2 Å². The van der Waals surface area contributed by atoms with E-state index in [4.69, 9.17) is 16.0 Å². The number of benzene rings is 3. The van der Waals surface area contributed by atoms with Gasteiger partial charge in [0.25, 0.3) is 0 Å². The first-order chi connectivity index (χ1) is 16.9. The molecule has 0 bridgehead atoms. The quantitative estimate of drug-likeness (QED) is 0.351. The molecule has 1 aromatic heterocycles. The summed E-state index contributed by atoms with van der Waals surface area (Å²) < 4.78 is 35.2. The highest BCUT2D eigenvalue weighted by molar-refractivity contribution is 6.36. The highest BCUT2D eigenvalue weighted by Crippen LogP contribution is 2.43. The Labute approximate surface area is 204 Å². The van der Waals surface area contributed by atoms with Crippen LogP contribution in [0.3, 0.4) is 0 Å². The lowest BCUT2D eigenvalue weighted by atomic mass is 10.0. The van der Waals surface area contributed by atoms with Crippen LogP contribution in [-0.4, -0.2) is 34.0 Å². The van der Waals surface area contributed by atoms with Crippen molar-refractivity contribution in [2.75, 3.05) is 13.1 Å². The Balaban J connectivity index is 1.39. The molecular weight excluding hydrogens is 474 g/mol. The lowest BCUT2D eigenvalue weighted by molar-refractivity contribution is -0.141. The van der Waals surface area contributed by atoms with E-state index < -0.39 is 17.7 Å². The zero-order chi connectivity index (χ0) is 24.3. The fourth-order valence-corrected chi connectivity index (χ4v) is 5.73. The van der Waals surface area contributed by atoms with Crippen LogP contribution in [0.15, 0.2) is 52.9 Å². The molecule has 2 atom stereocenters. The van der Waals surface area contributed by atoms with E-state index in [1.807, 2.05) is 6.07 Å². The minimum atomic E-state index is -0.786. The Morgan fingerprint density at radius 2 is 1.91 bits per heavy atom. The van der Waals surface area contributed by atoms with Crippen molar-refractivity contribution >= 4 is 28.7 Å². The Hall–Kier alpha value is -3.29. The number of halogens is 3. The van der Waals surface area contributed by atoms with Crippen molar-refractivity contribution in [2.45, 2.75) is 25.3 Å². The molecule has 2 heterocycles. The number of hydrogen-bond acceptors (Lipinski definition) is 4. The van der Waals surface area contributed by atoms with E-state index in [0.717, 1.165) is 12.0 Å². The molecule has 1 N–H and O–H groups in total. The molecule has 8 heteroatoms. The molecule has 1 aliphatic carbocycles. The van der Waals surface area contributed by atoms with E-state index in [0.29, 0.717) is 58.7 Å². The molecule has 0 spiro atoms. The summed E-state index contributed by atoms with van der Waals surface area (Å²) in [4.78, 5) is 18.1. The molecule has 1 fully saturated rings. The lowest BCUT2D eigenvalue weighted by Crippen LogP contribution is -2.26. The van der Waals surface area contributed by atoms with E-state index in [9.17, 15) is 14.3 Å². The van der Waals surface area contributed by atoms with Crippen LogP contribution in [0.4, 0.5) is 8.78 Å². The Morgan fingerprint density at radius 1 is 1.11 bits per heavy atom. The maximum Gasteiger partial charge on any atom is 0.307 e. The van der Waals surface area contributed by atoms with Gasteiger partial charge >= 0.3 is 5.97 Å². The number of oxazole rings is 1. The highest BCUT2D eigenvalue weighted by atomic mass is 35.5. The standard InChI is InChI=1S/C27H21ClF2N2O3/c28-23-17(14-3-1-4-16(29)11-14)5-2-6-19(23)26-31-21-12-20-18(24(30)25(21)35-26)7-8-22(20)32-10-9-15(13-32)27(33)34/h1-6,11-12,15,22H,7-10,13H2,(H,33,34)/t15-,22-/m1/s1. The predicted octanol–water partition coefficient (Wildman–Crippen LogP) is 6.49. The summed E-state index contributed by atoms with van der Waals surface area (Å²) in [5.74, 6) is -1.78. The van der Waals surface area contributed by atoms with Gasteiger partial charge in [0.05, 0.1) is 16.5 Å². The molecule has 2 aliphatic rings. The monoisotopic (exact) mass is 494 g/mol. The molecule has 0 radical (unpaired) electrons. The summed E-state index contributed by atoms with van der Waals surface area (Å²) in [5.41, 5.74) is 3.65. The molecule has 5 nitrogen and oxygen atoms in total. The Morgan fingerprint density at radius 3 is 2.69 bits per heavy atom. The molecular formula is C27H21ClF2N2O3. The zero-order valence-electron chi connectivity index (χ0n) is 18.6. The zero-order valence-corrected chi connectivity index (χ0v) is 19.4. The Bertz CT molecular complexity index is 1490. The minimum Gasteiger partial charge on any atom is -0.481 e. The maximum atomic E-state index is 15.5. The smallest absolute Gasteiger partial charge is 0.307 e. The van der Waals surface area contributed by atoms with Gasteiger partial charge in [-0.2, -0.15) is 0 Å². The second-order valence-corrected chi connectivity index (χ2v) is 9.55.